The molecular formula is C45H44ClN3O9. The lowest BCUT2D eigenvalue weighted by Gasteiger charge is -2.47. The van der Waals surface area contributed by atoms with Crippen molar-refractivity contribution in [1.82, 2.24) is 9.80 Å². The van der Waals surface area contributed by atoms with Crippen LogP contribution in [-0.4, -0.2) is 64.0 Å². The van der Waals surface area contributed by atoms with Gasteiger partial charge in [0.15, 0.2) is 17.3 Å². The average molecular weight is 806 g/mol. The minimum Gasteiger partial charge on any atom is -0.485 e. The summed E-state index contributed by atoms with van der Waals surface area (Å²) in [5, 5.41) is 11.3. The Kier molecular flexibility index (Phi) is 12.1. The van der Waals surface area contributed by atoms with E-state index < -0.39 is 16.9 Å². The molecule has 0 aromatic heterocycles. The van der Waals surface area contributed by atoms with Crippen molar-refractivity contribution in [2.24, 2.45) is 23.7 Å². The molecule has 0 saturated carbocycles. The highest BCUT2D eigenvalue weighted by Gasteiger charge is 2.59. The second-order valence-electron chi connectivity index (χ2n) is 15.4. The number of hydrogen-bond donors (Lipinski definition) is 0. The maximum absolute atomic E-state index is 13.9. The highest BCUT2D eigenvalue weighted by molar-refractivity contribution is 6.35. The number of likely N-dealkylation sites (tertiary alicyclic amines) is 1. The zero-order valence-corrected chi connectivity index (χ0v) is 33.2. The van der Waals surface area contributed by atoms with Crippen LogP contribution in [0, 0.1) is 33.8 Å². The molecule has 58 heavy (non-hydrogen) atoms. The van der Waals surface area contributed by atoms with Gasteiger partial charge in [0.1, 0.15) is 18.9 Å². The maximum atomic E-state index is 13.9. The molecule has 0 spiro atoms. The normalized spacial score (nSPS) is 20.2. The number of hydrogen-bond acceptors (Lipinski definition) is 10. The third-order valence-corrected chi connectivity index (χ3v) is 11.6. The zero-order valence-electron chi connectivity index (χ0n) is 32.5. The van der Waals surface area contributed by atoms with E-state index in [-0.39, 0.29) is 76.4 Å². The summed E-state index contributed by atoms with van der Waals surface area (Å²) < 4.78 is 17.7. The lowest BCUT2D eigenvalue weighted by molar-refractivity contribution is -0.384. The van der Waals surface area contributed by atoms with Crippen LogP contribution in [0.15, 0.2) is 108 Å². The van der Waals surface area contributed by atoms with E-state index in [1.165, 1.54) is 17.0 Å². The van der Waals surface area contributed by atoms with Gasteiger partial charge in [0.05, 0.1) is 27.5 Å². The van der Waals surface area contributed by atoms with Crippen LogP contribution < -0.4 is 9.47 Å². The number of ketones is 1. The number of ether oxygens (including phenoxy) is 3. The summed E-state index contributed by atoms with van der Waals surface area (Å²) in [6.07, 6.45) is 0.953. The second kappa shape index (κ2) is 17.3. The highest BCUT2D eigenvalue weighted by atomic mass is 35.5. The molecule has 2 saturated heterocycles. The van der Waals surface area contributed by atoms with E-state index in [9.17, 15) is 29.3 Å². The van der Waals surface area contributed by atoms with Crippen molar-refractivity contribution < 1.29 is 38.3 Å². The van der Waals surface area contributed by atoms with Crippen molar-refractivity contribution in [1.29, 1.82) is 0 Å². The van der Waals surface area contributed by atoms with Gasteiger partial charge in [-0.2, -0.15) is 0 Å². The summed E-state index contributed by atoms with van der Waals surface area (Å²) in [7, 11) is 0. The quantitative estimate of drug-likeness (QED) is 0.0289. The number of carbonyl (C=O) groups is 4. The van der Waals surface area contributed by atoms with Crippen LogP contribution in [0.25, 0.3) is 0 Å². The van der Waals surface area contributed by atoms with Crippen LogP contribution in [0.3, 0.4) is 0 Å². The fourth-order valence-corrected chi connectivity index (χ4v) is 8.56. The van der Waals surface area contributed by atoms with Crippen molar-refractivity contribution in [3.8, 4) is 11.5 Å². The number of Topliss-reactive ketones (excluding diaryl/α,β-unsaturated/α-hetero) is 1. The number of benzene rings is 4. The van der Waals surface area contributed by atoms with E-state index in [0.29, 0.717) is 48.9 Å². The van der Waals surface area contributed by atoms with Gasteiger partial charge in [-0.05, 0) is 65.8 Å². The minimum absolute atomic E-state index is 0.00948. The average Bonchev–Trinajstić information content (AvgIpc) is 3.75. The molecule has 12 nitrogen and oxygen atoms in total. The molecule has 0 unspecified atom stereocenters. The Bertz CT molecular complexity index is 2240. The van der Waals surface area contributed by atoms with Gasteiger partial charge in [-0.25, -0.2) is 9.59 Å². The first-order valence-electron chi connectivity index (χ1n) is 19.4. The molecule has 0 radical (unpaired) electrons. The van der Waals surface area contributed by atoms with E-state index in [0.717, 1.165) is 29.7 Å². The van der Waals surface area contributed by atoms with Crippen molar-refractivity contribution in [3.63, 3.8) is 0 Å². The Morgan fingerprint density at radius 3 is 2.14 bits per heavy atom. The number of fused-ring (bicyclic) bond motifs is 1. The second-order valence-corrected chi connectivity index (χ2v) is 15.8. The standard InChI is InChI=1S/C45H44ClN3O9/c1-27(2)38-40-28(3)35(41(48(40)43(38)51)45(53)58-44(52)32-14-16-33(17-15-32)49(54)55)24-47-21-20-31(23-47)22-36(50)34-18-19-37(56-25-29-10-6-4-7-11-29)42(39(34)46)57-26-30-12-8-5-9-13-30/h4-19,27-28,31,38,40H,20-26H2,1-3H3/t28-,31+,38+,40+/m0/s1. The molecule has 4 aromatic rings. The minimum atomic E-state index is -0.973. The number of halogens is 1. The SMILES string of the molecule is CC(C)[C@H]1C(=O)N2C(C(=O)OC(=O)c3ccc([N+](=O)[O-])cc3)=C(CN3CC[C@H](CC(=O)c4ccc(OCc5ccccc5)c(OCc5ccccc5)c4Cl)C3)[C@H](C)[C@H]12. The first-order chi connectivity index (χ1) is 27.9. The number of rotatable bonds is 15. The first-order valence-corrected chi connectivity index (χ1v) is 19.8. The van der Waals surface area contributed by atoms with Crippen molar-refractivity contribution in [3.05, 3.63) is 146 Å². The van der Waals surface area contributed by atoms with E-state index in [1.807, 2.05) is 81.4 Å². The monoisotopic (exact) mass is 805 g/mol. The molecule has 3 heterocycles. The van der Waals surface area contributed by atoms with Gasteiger partial charge in [0.2, 0.25) is 5.91 Å². The van der Waals surface area contributed by atoms with E-state index in [2.05, 4.69) is 4.90 Å². The van der Waals surface area contributed by atoms with Gasteiger partial charge in [0, 0.05) is 43.1 Å². The number of carbonyl (C=O) groups excluding carboxylic acids is 4. The first kappa shape index (κ1) is 40.4. The zero-order chi connectivity index (χ0) is 41.1. The van der Waals surface area contributed by atoms with Crippen LogP contribution in [0.5, 0.6) is 11.5 Å². The van der Waals surface area contributed by atoms with Gasteiger partial charge in [-0.15, -0.1) is 0 Å². The maximum Gasteiger partial charge on any atom is 0.362 e. The van der Waals surface area contributed by atoms with Gasteiger partial charge >= 0.3 is 11.9 Å². The lowest BCUT2D eigenvalue weighted by atomic mass is 9.74. The molecule has 2 fully saturated rings. The van der Waals surface area contributed by atoms with E-state index in [1.54, 1.807) is 12.1 Å². The molecule has 0 bridgehead atoms. The molecule has 4 atom stereocenters. The predicted octanol–water partition coefficient (Wildman–Crippen LogP) is 8.07. The van der Waals surface area contributed by atoms with Crippen LogP contribution in [0.1, 0.15) is 65.5 Å². The van der Waals surface area contributed by atoms with E-state index in [4.69, 9.17) is 25.8 Å². The molecule has 13 heteroatoms. The Balaban J connectivity index is 1.05. The summed E-state index contributed by atoms with van der Waals surface area (Å²) in [5.74, 6) is -1.95. The van der Waals surface area contributed by atoms with Gasteiger partial charge < -0.3 is 19.1 Å². The molecule has 1 amide bonds. The lowest BCUT2D eigenvalue weighted by Crippen LogP contribution is -2.62. The highest BCUT2D eigenvalue weighted by Crippen LogP contribution is 2.49. The number of nitrogens with zero attached hydrogens (tertiary/aromatic N) is 3. The third-order valence-electron chi connectivity index (χ3n) is 11.3. The van der Waals surface area contributed by atoms with Crippen LogP contribution in [0.4, 0.5) is 5.69 Å². The van der Waals surface area contributed by atoms with Gasteiger partial charge in [-0.1, -0.05) is 93.0 Å². The summed E-state index contributed by atoms with van der Waals surface area (Å²) in [4.78, 5) is 68.2. The Morgan fingerprint density at radius 2 is 1.52 bits per heavy atom. The Labute approximate surface area is 341 Å². The summed E-state index contributed by atoms with van der Waals surface area (Å²) in [6, 6.07) is 27.3. The topological polar surface area (TPSA) is 146 Å². The Morgan fingerprint density at radius 1 is 0.879 bits per heavy atom. The molecule has 3 aliphatic rings. The molecule has 300 valence electrons. The largest absolute Gasteiger partial charge is 0.485 e. The number of amides is 1. The molecule has 4 aromatic carbocycles. The fourth-order valence-electron chi connectivity index (χ4n) is 8.24. The third kappa shape index (κ3) is 8.39. The van der Waals surface area contributed by atoms with Crippen LogP contribution >= 0.6 is 11.6 Å². The number of esters is 2. The number of non-ortho nitro benzene ring substituents is 1. The Hall–Kier alpha value is -5.85. The molecule has 0 aliphatic carbocycles. The molecule has 0 N–H and O–H groups in total. The smallest absolute Gasteiger partial charge is 0.362 e. The molecular weight excluding hydrogens is 762 g/mol. The summed E-state index contributed by atoms with van der Waals surface area (Å²) in [5.41, 5.74) is 2.77. The number of β-lactam (4-membered cyclic amide) rings is 1. The predicted molar refractivity (Wildman–Crippen MR) is 215 cm³/mol. The summed E-state index contributed by atoms with van der Waals surface area (Å²) >= 11 is 6.95. The summed E-state index contributed by atoms with van der Waals surface area (Å²) in [6.45, 7) is 8.00. The van der Waals surface area contributed by atoms with Gasteiger partial charge in [-0.3, -0.25) is 24.6 Å². The molecule has 7 rings (SSSR count). The van der Waals surface area contributed by atoms with Crippen molar-refractivity contribution >= 4 is 40.9 Å². The molecule has 3 aliphatic heterocycles. The van der Waals surface area contributed by atoms with Gasteiger partial charge in [0.25, 0.3) is 5.69 Å². The fraction of sp³-hybridized carbons (Fsp3) is 0.333. The number of nitro benzene ring substituents is 1. The van der Waals surface area contributed by atoms with E-state index >= 15 is 0 Å². The number of nitro groups is 1. The van der Waals surface area contributed by atoms with Crippen LogP contribution in [0.2, 0.25) is 5.02 Å². The van der Waals surface area contributed by atoms with Crippen molar-refractivity contribution in [2.45, 2.75) is 52.9 Å². The van der Waals surface area contributed by atoms with Crippen LogP contribution in [-0.2, 0) is 27.5 Å². The van der Waals surface area contributed by atoms with Crippen molar-refractivity contribution in [2.75, 3.05) is 19.6 Å².